The molecule has 1 atom stereocenters. The quantitative estimate of drug-likeness (QED) is 0.839. The molecule has 0 aliphatic rings. The van der Waals surface area contributed by atoms with Gasteiger partial charge in [-0.1, -0.05) is 23.7 Å². The van der Waals surface area contributed by atoms with Crippen LogP contribution in [0, 0.1) is 0 Å². The Morgan fingerprint density at radius 1 is 1.32 bits per heavy atom. The standard InChI is InChI=1S/C12H12ClF3O2S/c1-11(10(17)18,19-7-6-12(14,15)16)8-2-4-9(13)5-3-8/h2-5H,6-7H2,1H3,(H,17,18)/p-1. The van der Waals surface area contributed by atoms with Crippen molar-refractivity contribution >= 4 is 29.3 Å². The highest BCUT2D eigenvalue weighted by Crippen LogP contribution is 2.38. The molecule has 0 amide bonds. The van der Waals surface area contributed by atoms with Crippen molar-refractivity contribution in [3.05, 3.63) is 34.9 Å². The number of carbonyl (C=O) groups excluding carboxylic acids is 1. The van der Waals surface area contributed by atoms with Crippen LogP contribution in [0.1, 0.15) is 18.9 Å². The molecule has 0 N–H and O–H groups in total. The maximum absolute atomic E-state index is 12.1. The maximum Gasteiger partial charge on any atom is 0.389 e. The highest BCUT2D eigenvalue weighted by Gasteiger charge is 2.32. The molecule has 1 rings (SSSR count). The number of benzene rings is 1. The Labute approximate surface area is 117 Å². The summed E-state index contributed by atoms with van der Waals surface area (Å²) in [6.45, 7) is 1.33. The van der Waals surface area contributed by atoms with Gasteiger partial charge in [0.05, 0.1) is 17.1 Å². The van der Waals surface area contributed by atoms with E-state index in [0.29, 0.717) is 22.3 Å². The van der Waals surface area contributed by atoms with E-state index in [-0.39, 0.29) is 5.75 Å². The molecular formula is C12H11ClF3O2S-. The molecule has 1 unspecified atom stereocenters. The molecule has 0 spiro atoms. The van der Waals surface area contributed by atoms with E-state index in [0.717, 1.165) is 0 Å². The van der Waals surface area contributed by atoms with Crippen LogP contribution in [0.15, 0.2) is 24.3 Å². The molecule has 106 valence electrons. The van der Waals surface area contributed by atoms with Gasteiger partial charge in [-0.25, -0.2) is 0 Å². The van der Waals surface area contributed by atoms with Crippen LogP contribution in [0.5, 0.6) is 0 Å². The zero-order valence-electron chi connectivity index (χ0n) is 9.96. The van der Waals surface area contributed by atoms with Gasteiger partial charge in [-0.2, -0.15) is 13.2 Å². The number of hydrogen-bond acceptors (Lipinski definition) is 3. The Morgan fingerprint density at radius 3 is 2.26 bits per heavy atom. The van der Waals surface area contributed by atoms with Crippen molar-refractivity contribution in [3.63, 3.8) is 0 Å². The maximum atomic E-state index is 12.1. The number of carboxylic acids is 1. The summed E-state index contributed by atoms with van der Waals surface area (Å²) in [5, 5.41) is 11.6. The van der Waals surface area contributed by atoms with Gasteiger partial charge in [0.2, 0.25) is 0 Å². The third kappa shape index (κ3) is 4.62. The number of carbonyl (C=O) groups is 1. The predicted molar refractivity (Wildman–Crippen MR) is 66.9 cm³/mol. The van der Waals surface area contributed by atoms with Crippen LogP contribution >= 0.6 is 23.4 Å². The Hall–Kier alpha value is -0.880. The number of aliphatic carboxylic acids is 1. The lowest BCUT2D eigenvalue weighted by Gasteiger charge is -2.31. The highest BCUT2D eigenvalue weighted by molar-refractivity contribution is 8.00. The van der Waals surface area contributed by atoms with Gasteiger partial charge in [0.25, 0.3) is 0 Å². The van der Waals surface area contributed by atoms with Crippen molar-refractivity contribution in [2.24, 2.45) is 0 Å². The number of rotatable bonds is 5. The van der Waals surface area contributed by atoms with E-state index in [1.54, 1.807) is 0 Å². The van der Waals surface area contributed by atoms with Gasteiger partial charge in [-0.05, 0) is 24.6 Å². The average molecular weight is 312 g/mol. The Balaban J connectivity index is 2.86. The van der Waals surface area contributed by atoms with E-state index in [4.69, 9.17) is 11.6 Å². The second-order valence-electron chi connectivity index (χ2n) is 4.04. The lowest BCUT2D eigenvalue weighted by Crippen LogP contribution is -2.41. The molecule has 0 saturated heterocycles. The van der Waals surface area contributed by atoms with Crippen molar-refractivity contribution in [1.82, 2.24) is 0 Å². The van der Waals surface area contributed by atoms with Crippen LogP contribution in [0.25, 0.3) is 0 Å². The lowest BCUT2D eigenvalue weighted by molar-refractivity contribution is -0.309. The summed E-state index contributed by atoms with van der Waals surface area (Å²) in [4.78, 5) is 11.2. The molecule has 0 saturated carbocycles. The molecule has 0 radical (unpaired) electrons. The Bertz CT molecular complexity index is 447. The predicted octanol–water partition coefficient (Wildman–Crippen LogP) is 2.99. The van der Waals surface area contributed by atoms with Crippen LogP contribution in [0.4, 0.5) is 13.2 Å². The molecular weight excluding hydrogens is 301 g/mol. The molecule has 2 nitrogen and oxygen atoms in total. The van der Waals surface area contributed by atoms with Gasteiger partial charge < -0.3 is 9.90 Å². The van der Waals surface area contributed by atoms with Crippen molar-refractivity contribution in [3.8, 4) is 0 Å². The first-order chi connectivity index (χ1) is 8.65. The van der Waals surface area contributed by atoms with Gasteiger partial charge in [-0.3, -0.25) is 0 Å². The first-order valence-electron chi connectivity index (χ1n) is 5.33. The molecule has 19 heavy (non-hydrogen) atoms. The molecule has 0 aromatic heterocycles. The zero-order valence-corrected chi connectivity index (χ0v) is 11.5. The topological polar surface area (TPSA) is 40.1 Å². The Kier molecular flexibility index (Phi) is 5.15. The zero-order chi connectivity index (χ0) is 14.7. The summed E-state index contributed by atoms with van der Waals surface area (Å²) in [5.74, 6) is -1.78. The minimum Gasteiger partial charge on any atom is -0.548 e. The lowest BCUT2D eigenvalue weighted by atomic mass is 10.0. The highest BCUT2D eigenvalue weighted by atomic mass is 35.5. The number of halogens is 4. The molecule has 0 aliphatic heterocycles. The van der Waals surface area contributed by atoms with Crippen molar-refractivity contribution in [2.75, 3.05) is 5.75 Å². The van der Waals surface area contributed by atoms with Crippen molar-refractivity contribution < 1.29 is 23.1 Å². The van der Waals surface area contributed by atoms with E-state index in [2.05, 4.69) is 0 Å². The third-order valence-electron chi connectivity index (χ3n) is 2.56. The monoisotopic (exact) mass is 311 g/mol. The second kappa shape index (κ2) is 6.05. The number of carboxylic acid groups (broad SMARTS) is 1. The summed E-state index contributed by atoms with van der Waals surface area (Å²) in [6.07, 6.45) is -5.35. The van der Waals surface area contributed by atoms with E-state index in [1.807, 2.05) is 0 Å². The molecule has 0 bridgehead atoms. The molecule has 0 fully saturated rings. The molecule has 0 heterocycles. The smallest absolute Gasteiger partial charge is 0.389 e. The van der Waals surface area contributed by atoms with Gasteiger partial charge >= 0.3 is 6.18 Å². The number of hydrogen-bond donors (Lipinski definition) is 0. The summed E-state index contributed by atoms with van der Waals surface area (Å²) in [6, 6.07) is 5.92. The molecule has 0 aliphatic carbocycles. The van der Waals surface area contributed by atoms with E-state index < -0.39 is 23.3 Å². The number of thioether (sulfide) groups is 1. The van der Waals surface area contributed by atoms with Gasteiger partial charge in [-0.15, -0.1) is 11.8 Å². The van der Waals surface area contributed by atoms with Gasteiger partial charge in [0.15, 0.2) is 0 Å². The minimum atomic E-state index is -4.31. The fourth-order valence-electron chi connectivity index (χ4n) is 1.40. The van der Waals surface area contributed by atoms with Gasteiger partial charge in [0.1, 0.15) is 0 Å². The van der Waals surface area contributed by atoms with Crippen LogP contribution < -0.4 is 5.11 Å². The summed E-state index contributed by atoms with van der Waals surface area (Å²) in [5.41, 5.74) is 0.351. The van der Waals surface area contributed by atoms with E-state index in [1.165, 1.54) is 31.2 Å². The second-order valence-corrected chi connectivity index (χ2v) is 5.99. The first-order valence-corrected chi connectivity index (χ1v) is 6.70. The fourth-order valence-corrected chi connectivity index (χ4v) is 2.69. The first kappa shape index (κ1) is 16.2. The molecule has 1 aromatic rings. The van der Waals surface area contributed by atoms with Crippen molar-refractivity contribution in [1.29, 1.82) is 0 Å². The normalized spacial score (nSPS) is 15.0. The molecule has 7 heteroatoms. The van der Waals surface area contributed by atoms with Gasteiger partial charge in [0, 0.05) is 10.8 Å². The summed E-state index contributed by atoms with van der Waals surface area (Å²) in [7, 11) is 0. The minimum absolute atomic E-state index is 0.351. The third-order valence-corrected chi connectivity index (χ3v) is 4.20. The van der Waals surface area contributed by atoms with Crippen LogP contribution in [-0.4, -0.2) is 17.9 Å². The van der Waals surface area contributed by atoms with Crippen molar-refractivity contribution in [2.45, 2.75) is 24.3 Å². The largest absolute Gasteiger partial charge is 0.548 e. The van der Waals surface area contributed by atoms with Crippen LogP contribution in [-0.2, 0) is 9.54 Å². The van der Waals surface area contributed by atoms with E-state index in [9.17, 15) is 23.1 Å². The molecule has 1 aromatic carbocycles. The summed E-state index contributed by atoms with van der Waals surface area (Å²) >= 11 is 6.38. The number of alkyl halides is 3. The van der Waals surface area contributed by atoms with E-state index >= 15 is 0 Å². The van der Waals surface area contributed by atoms with Crippen LogP contribution in [0.2, 0.25) is 5.02 Å². The average Bonchev–Trinajstić information content (AvgIpc) is 2.27. The van der Waals surface area contributed by atoms with Crippen LogP contribution in [0.3, 0.4) is 0 Å². The SMILES string of the molecule is CC(SCCC(F)(F)F)(C(=O)[O-])c1ccc(Cl)cc1. The Morgan fingerprint density at radius 2 is 1.84 bits per heavy atom. The fraction of sp³-hybridized carbons (Fsp3) is 0.417. The summed E-state index contributed by atoms with van der Waals surface area (Å²) < 4.78 is 34.7.